The highest BCUT2D eigenvalue weighted by molar-refractivity contribution is 9.10. The predicted molar refractivity (Wildman–Crippen MR) is 117 cm³/mol. The fourth-order valence-electron chi connectivity index (χ4n) is 2.86. The summed E-state index contributed by atoms with van der Waals surface area (Å²) in [7, 11) is 0. The van der Waals surface area contributed by atoms with Crippen molar-refractivity contribution in [2.75, 3.05) is 6.54 Å². The van der Waals surface area contributed by atoms with Crippen molar-refractivity contribution in [2.45, 2.75) is 20.8 Å². The summed E-state index contributed by atoms with van der Waals surface area (Å²) < 4.78 is 0.400. The summed E-state index contributed by atoms with van der Waals surface area (Å²) in [4.78, 5) is 30.4. The second kappa shape index (κ2) is 8.28. The number of nitro benzene ring substituents is 1. The molecule has 1 fully saturated rings. The average molecular weight is 460 g/mol. The highest BCUT2D eigenvalue weighted by atomic mass is 79.9. The molecule has 1 aliphatic rings. The number of benzene rings is 2. The van der Waals surface area contributed by atoms with E-state index >= 15 is 0 Å². The standard InChI is InChI=1S/C20H18BrN3O3S/c1-4-23-19(25)17(11-14-8-9-15(21)16(10-14)24(26)27)28-20(23)22-18-12(2)6-5-7-13(18)3/h5-11H,4H2,1-3H3/b17-11+,22-20?. The van der Waals surface area contributed by atoms with E-state index in [0.29, 0.717) is 26.7 Å². The number of aryl methyl sites for hydroxylation is 2. The van der Waals surface area contributed by atoms with Crippen LogP contribution in [0.1, 0.15) is 23.6 Å². The predicted octanol–water partition coefficient (Wildman–Crippen LogP) is 5.60. The van der Waals surface area contributed by atoms with Gasteiger partial charge in [-0.15, -0.1) is 0 Å². The first-order valence-corrected chi connectivity index (χ1v) is 10.2. The second-order valence-corrected chi connectivity index (χ2v) is 8.13. The van der Waals surface area contributed by atoms with E-state index in [1.807, 2.05) is 39.0 Å². The number of hydrogen-bond acceptors (Lipinski definition) is 5. The van der Waals surface area contributed by atoms with Gasteiger partial charge in [0.25, 0.3) is 11.6 Å². The summed E-state index contributed by atoms with van der Waals surface area (Å²) in [6, 6.07) is 10.7. The highest BCUT2D eigenvalue weighted by Crippen LogP contribution is 2.36. The molecule has 0 spiro atoms. The Bertz CT molecular complexity index is 1010. The molecule has 0 radical (unpaired) electrons. The third-order valence-corrected chi connectivity index (χ3v) is 5.99. The van der Waals surface area contributed by atoms with Gasteiger partial charge in [-0.05, 0) is 77.3 Å². The third-order valence-electron chi connectivity index (χ3n) is 4.32. The molecule has 0 saturated carbocycles. The molecule has 1 amide bonds. The highest BCUT2D eigenvalue weighted by Gasteiger charge is 2.32. The van der Waals surface area contributed by atoms with Crippen LogP contribution in [0.2, 0.25) is 0 Å². The number of rotatable bonds is 4. The van der Waals surface area contributed by atoms with Crippen LogP contribution in [0.3, 0.4) is 0 Å². The van der Waals surface area contributed by atoms with Gasteiger partial charge in [0, 0.05) is 12.6 Å². The maximum absolute atomic E-state index is 12.8. The average Bonchev–Trinajstić information content (AvgIpc) is 2.94. The first-order chi connectivity index (χ1) is 13.3. The van der Waals surface area contributed by atoms with Crippen LogP contribution < -0.4 is 0 Å². The van der Waals surface area contributed by atoms with E-state index in [0.717, 1.165) is 16.8 Å². The Hall–Kier alpha value is -2.45. The molecule has 2 aromatic carbocycles. The van der Waals surface area contributed by atoms with Crippen molar-refractivity contribution < 1.29 is 9.72 Å². The number of carbonyl (C=O) groups excluding carboxylic acids is 1. The minimum Gasteiger partial charge on any atom is -0.287 e. The van der Waals surface area contributed by atoms with Crippen molar-refractivity contribution >= 4 is 56.2 Å². The van der Waals surface area contributed by atoms with Gasteiger partial charge in [0.2, 0.25) is 0 Å². The monoisotopic (exact) mass is 459 g/mol. The molecule has 1 saturated heterocycles. The van der Waals surface area contributed by atoms with Gasteiger partial charge in [-0.1, -0.05) is 24.3 Å². The normalized spacial score (nSPS) is 17.0. The van der Waals surface area contributed by atoms with E-state index in [-0.39, 0.29) is 11.6 Å². The number of halogens is 1. The van der Waals surface area contributed by atoms with Crippen molar-refractivity contribution in [2.24, 2.45) is 4.99 Å². The lowest BCUT2D eigenvalue weighted by Crippen LogP contribution is -2.28. The van der Waals surface area contributed by atoms with E-state index < -0.39 is 4.92 Å². The number of nitrogens with zero attached hydrogens (tertiary/aromatic N) is 3. The van der Waals surface area contributed by atoms with Gasteiger partial charge in [0.05, 0.1) is 20.0 Å². The van der Waals surface area contributed by atoms with Crippen LogP contribution in [0, 0.1) is 24.0 Å². The van der Waals surface area contributed by atoms with Gasteiger partial charge in [-0.3, -0.25) is 19.8 Å². The number of thioether (sulfide) groups is 1. The summed E-state index contributed by atoms with van der Waals surface area (Å²) in [5.74, 6) is -0.150. The van der Waals surface area contributed by atoms with Gasteiger partial charge in [0.1, 0.15) is 0 Å². The molecule has 1 aliphatic heterocycles. The Morgan fingerprint density at radius 3 is 2.54 bits per heavy atom. The van der Waals surface area contributed by atoms with E-state index in [4.69, 9.17) is 4.99 Å². The number of carbonyl (C=O) groups is 1. The van der Waals surface area contributed by atoms with Crippen LogP contribution in [-0.2, 0) is 4.79 Å². The van der Waals surface area contributed by atoms with Gasteiger partial charge >= 0.3 is 0 Å². The molecule has 0 bridgehead atoms. The Morgan fingerprint density at radius 2 is 1.93 bits per heavy atom. The number of aliphatic imine (C=N–C) groups is 1. The molecule has 6 nitrogen and oxygen atoms in total. The molecule has 28 heavy (non-hydrogen) atoms. The second-order valence-electron chi connectivity index (χ2n) is 6.26. The molecule has 0 unspecified atom stereocenters. The minimum atomic E-state index is -0.456. The van der Waals surface area contributed by atoms with Crippen LogP contribution in [0.15, 0.2) is 50.8 Å². The SMILES string of the molecule is CCN1C(=O)/C(=C\c2ccc(Br)c([N+](=O)[O-])c2)SC1=Nc1c(C)cccc1C. The zero-order valence-electron chi connectivity index (χ0n) is 15.6. The number of nitro groups is 1. The Labute approximate surface area is 175 Å². The van der Waals surface area contributed by atoms with Crippen molar-refractivity contribution in [1.29, 1.82) is 0 Å². The fraction of sp³-hybridized carbons (Fsp3) is 0.200. The molecule has 2 aromatic rings. The van der Waals surface area contributed by atoms with Crippen LogP contribution in [-0.4, -0.2) is 27.4 Å². The first kappa shape index (κ1) is 20.3. The molecule has 144 valence electrons. The van der Waals surface area contributed by atoms with Gasteiger partial charge in [0.15, 0.2) is 5.17 Å². The molecule has 1 heterocycles. The first-order valence-electron chi connectivity index (χ1n) is 8.62. The van der Waals surface area contributed by atoms with Gasteiger partial charge in [-0.25, -0.2) is 4.99 Å². The topological polar surface area (TPSA) is 75.8 Å². The number of hydrogen-bond donors (Lipinski definition) is 0. The Balaban J connectivity index is 2.00. The molecule has 0 N–H and O–H groups in total. The maximum Gasteiger partial charge on any atom is 0.284 e. The maximum atomic E-state index is 12.8. The lowest BCUT2D eigenvalue weighted by molar-refractivity contribution is -0.385. The van der Waals surface area contributed by atoms with Gasteiger partial charge in [-0.2, -0.15) is 0 Å². The lowest BCUT2D eigenvalue weighted by Gasteiger charge is -2.13. The Morgan fingerprint density at radius 1 is 1.25 bits per heavy atom. The zero-order chi connectivity index (χ0) is 20.4. The number of likely N-dealkylation sites (N-methyl/N-ethyl adjacent to an activating group) is 1. The lowest BCUT2D eigenvalue weighted by atomic mass is 10.1. The summed E-state index contributed by atoms with van der Waals surface area (Å²) in [6.45, 7) is 6.36. The van der Waals surface area contributed by atoms with E-state index in [9.17, 15) is 14.9 Å². The smallest absolute Gasteiger partial charge is 0.284 e. The van der Waals surface area contributed by atoms with Crippen LogP contribution in [0.25, 0.3) is 6.08 Å². The molecule has 8 heteroatoms. The molecular formula is C20H18BrN3O3S. The fourth-order valence-corrected chi connectivity index (χ4v) is 4.30. The summed E-state index contributed by atoms with van der Waals surface area (Å²) >= 11 is 4.46. The molecular weight excluding hydrogens is 442 g/mol. The molecule has 0 atom stereocenters. The molecule has 3 rings (SSSR count). The van der Waals surface area contributed by atoms with Crippen molar-refractivity contribution in [1.82, 2.24) is 4.90 Å². The van der Waals surface area contributed by atoms with Crippen molar-refractivity contribution in [3.8, 4) is 0 Å². The molecule has 0 aliphatic carbocycles. The zero-order valence-corrected chi connectivity index (χ0v) is 18.0. The van der Waals surface area contributed by atoms with Gasteiger partial charge < -0.3 is 0 Å². The number of para-hydroxylation sites is 1. The van der Waals surface area contributed by atoms with Crippen LogP contribution in [0.5, 0.6) is 0 Å². The largest absolute Gasteiger partial charge is 0.287 e. The van der Waals surface area contributed by atoms with Crippen LogP contribution >= 0.6 is 27.7 Å². The summed E-state index contributed by atoms with van der Waals surface area (Å²) in [6.07, 6.45) is 1.67. The minimum absolute atomic E-state index is 0.0402. The van der Waals surface area contributed by atoms with E-state index in [1.165, 1.54) is 17.8 Å². The van der Waals surface area contributed by atoms with Crippen molar-refractivity contribution in [3.63, 3.8) is 0 Å². The summed E-state index contributed by atoms with van der Waals surface area (Å²) in [5.41, 5.74) is 3.49. The van der Waals surface area contributed by atoms with E-state index in [2.05, 4.69) is 15.9 Å². The summed E-state index contributed by atoms with van der Waals surface area (Å²) in [5, 5.41) is 11.8. The van der Waals surface area contributed by atoms with E-state index in [1.54, 1.807) is 23.1 Å². The molecule has 0 aromatic heterocycles. The number of amidine groups is 1. The van der Waals surface area contributed by atoms with Crippen molar-refractivity contribution in [3.05, 3.63) is 72.6 Å². The third kappa shape index (κ3) is 4.02. The van der Waals surface area contributed by atoms with Crippen LogP contribution in [0.4, 0.5) is 11.4 Å². The number of amides is 1. The Kier molecular flexibility index (Phi) is 6.00. The quantitative estimate of drug-likeness (QED) is 0.338.